The summed E-state index contributed by atoms with van der Waals surface area (Å²) < 4.78 is 26.3. The zero-order valence-electron chi connectivity index (χ0n) is 11.5. The van der Waals surface area contributed by atoms with E-state index in [0.29, 0.717) is 18.7 Å². The number of hydrogen-bond donors (Lipinski definition) is 2. The first-order valence-electron chi connectivity index (χ1n) is 6.44. The van der Waals surface area contributed by atoms with Crippen LogP contribution in [0.25, 0.3) is 0 Å². The number of nitrogens with zero attached hydrogens (tertiary/aromatic N) is 1. The fraction of sp³-hybridized carbons (Fsp3) is 0.462. The predicted molar refractivity (Wildman–Crippen MR) is 75.7 cm³/mol. The lowest BCUT2D eigenvalue weighted by Gasteiger charge is -2.16. The first-order valence-corrected chi connectivity index (χ1v) is 7.88. The number of amides is 1. The molecule has 1 saturated heterocycles. The first-order chi connectivity index (χ1) is 9.36. The zero-order valence-corrected chi connectivity index (χ0v) is 12.4. The van der Waals surface area contributed by atoms with Crippen LogP contribution in [0.5, 0.6) is 0 Å². The minimum absolute atomic E-state index is 0.130. The van der Waals surface area contributed by atoms with E-state index in [2.05, 4.69) is 5.32 Å². The smallest absolute Gasteiger partial charge is 0.251 e. The van der Waals surface area contributed by atoms with E-state index in [1.165, 1.54) is 35.6 Å². The molecule has 1 amide bonds. The summed E-state index contributed by atoms with van der Waals surface area (Å²) in [6.45, 7) is 2.70. The number of nitrogens with two attached hydrogens (primary N) is 1. The molecule has 20 heavy (non-hydrogen) atoms. The quantitative estimate of drug-likeness (QED) is 0.822. The second kappa shape index (κ2) is 5.51. The van der Waals surface area contributed by atoms with Crippen LogP contribution >= 0.6 is 0 Å². The number of sulfonamides is 1. The van der Waals surface area contributed by atoms with Gasteiger partial charge in [-0.3, -0.25) is 4.79 Å². The highest BCUT2D eigenvalue weighted by atomic mass is 32.2. The lowest BCUT2D eigenvalue weighted by Crippen LogP contribution is -2.32. The molecule has 0 radical (unpaired) electrons. The van der Waals surface area contributed by atoms with Crippen LogP contribution in [-0.4, -0.2) is 44.8 Å². The molecular weight excluding hydrogens is 278 g/mol. The van der Waals surface area contributed by atoms with Gasteiger partial charge in [0, 0.05) is 31.7 Å². The molecule has 2 atom stereocenters. The molecule has 1 fully saturated rings. The Kier molecular flexibility index (Phi) is 4.12. The van der Waals surface area contributed by atoms with E-state index >= 15 is 0 Å². The molecule has 1 heterocycles. The molecule has 1 aromatic rings. The van der Waals surface area contributed by atoms with Gasteiger partial charge in [-0.15, -0.1) is 0 Å². The van der Waals surface area contributed by atoms with Crippen LogP contribution in [0.3, 0.4) is 0 Å². The largest absolute Gasteiger partial charge is 0.355 e. The van der Waals surface area contributed by atoms with Crippen molar-refractivity contribution in [2.24, 2.45) is 11.7 Å². The molecule has 0 aromatic heterocycles. The number of carbonyl (C=O) groups excluding carboxylic acids is 1. The molecule has 0 spiro atoms. The molecule has 2 rings (SSSR count). The van der Waals surface area contributed by atoms with Gasteiger partial charge in [-0.1, -0.05) is 6.92 Å². The lowest BCUT2D eigenvalue weighted by molar-refractivity contribution is 0.0963. The van der Waals surface area contributed by atoms with Crippen molar-refractivity contribution >= 4 is 15.9 Å². The third-order valence-electron chi connectivity index (χ3n) is 3.62. The first kappa shape index (κ1) is 15.0. The molecule has 110 valence electrons. The topological polar surface area (TPSA) is 92.5 Å². The van der Waals surface area contributed by atoms with Crippen molar-refractivity contribution in [2.45, 2.75) is 17.9 Å². The Balaban J connectivity index is 2.24. The van der Waals surface area contributed by atoms with Gasteiger partial charge in [-0.05, 0) is 30.2 Å². The average molecular weight is 297 g/mol. The van der Waals surface area contributed by atoms with Gasteiger partial charge >= 0.3 is 0 Å². The van der Waals surface area contributed by atoms with E-state index in [1.807, 2.05) is 6.92 Å². The normalized spacial score (nSPS) is 23.8. The Morgan fingerprint density at radius 3 is 2.35 bits per heavy atom. The summed E-state index contributed by atoms with van der Waals surface area (Å²) in [4.78, 5) is 11.6. The van der Waals surface area contributed by atoms with Crippen molar-refractivity contribution in [1.29, 1.82) is 0 Å². The van der Waals surface area contributed by atoms with E-state index < -0.39 is 10.0 Å². The molecule has 0 aliphatic carbocycles. The number of rotatable bonds is 3. The maximum Gasteiger partial charge on any atom is 0.251 e. The molecular formula is C13H19N3O3S. The fourth-order valence-corrected chi connectivity index (χ4v) is 3.79. The van der Waals surface area contributed by atoms with E-state index in [-0.39, 0.29) is 22.8 Å². The van der Waals surface area contributed by atoms with Gasteiger partial charge in [0.25, 0.3) is 5.91 Å². The number of benzene rings is 1. The van der Waals surface area contributed by atoms with Crippen LogP contribution in [0.4, 0.5) is 0 Å². The zero-order chi connectivity index (χ0) is 14.9. The summed E-state index contributed by atoms with van der Waals surface area (Å²) in [5.74, 6) is -0.0966. The van der Waals surface area contributed by atoms with E-state index in [9.17, 15) is 13.2 Å². The third kappa shape index (κ3) is 2.70. The Hall–Kier alpha value is -1.44. The number of hydrogen-bond acceptors (Lipinski definition) is 4. The summed E-state index contributed by atoms with van der Waals surface area (Å²) in [7, 11) is -2.00. The van der Waals surface area contributed by atoms with E-state index in [1.54, 1.807) is 0 Å². The molecule has 0 bridgehead atoms. The van der Waals surface area contributed by atoms with Gasteiger partial charge in [-0.25, -0.2) is 8.42 Å². The summed E-state index contributed by atoms with van der Waals surface area (Å²) in [5, 5.41) is 2.49. The van der Waals surface area contributed by atoms with Crippen LogP contribution in [0.1, 0.15) is 17.3 Å². The van der Waals surface area contributed by atoms with Gasteiger partial charge in [0.2, 0.25) is 10.0 Å². The monoisotopic (exact) mass is 297 g/mol. The highest BCUT2D eigenvalue weighted by molar-refractivity contribution is 7.89. The minimum Gasteiger partial charge on any atom is -0.355 e. The van der Waals surface area contributed by atoms with Gasteiger partial charge < -0.3 is 11.1 Å². The average Bonchev–Trinajstić information content (AvgIpc) is 2.78. The second-order valence-electron chi connectivity index (χ2n) is 5.07. The SMILES string of the molecule is CNC(=O)c1ccc(S(=O)(=O)N2CC(C)C(N)C2)cc1. The van der Waals surface area contributed by atoms with Crippen LogP contribution in [0, 0.1) is 5.92 Å². The van der Waals surface area contributed by atoms with Crippen LogP contribution < -0.4 is 11.1 Å². The molecule has 3 N–H and O–H groups in total. The number of nitrogens with one attached hydrogen (secondary N) is 1. The molecule has 7 heteroatoms. The predicted octanol–water partition coefficient (Wildman–Crippen LogP) is 0.0139. The minimum atomic E-state index is -3.53. The molecule has 1 aliphatic heterocycles. The van der Waals surface area contributed by atoms with Crippen molar-refractivity contribution in [3.63, 3.8) is 0 Å². The molecule has 2 unspecified atom stereocenters. The van der Waals surface area contributed by atoms with Crippen LogP contribution in [0.2, 0.25) is 0 Å². The maximum absolute atomic E-state index is 12.4. The second-order valence-corrected chi connectivity index (χ2v) is 7.00. The van der Waals surface area contributed by atoms with Gasteiger partial charge in [-0.2, -0.15) is 4.31 Å². The highest BCUT2D eigenvalue weighted by Gasteiger charge is 2.35. The van der Waals surface area contributed by atoms with Crippen LogP contribution in [-0.2, 0) is 10.0 Å². The van der Waals surface area contributed by atoms with Crippen LogP contribution in [0.15, 0.2) is 29.2 Å². The fourth-order valence-electron chi connectivity index (χ4n) is 2.21. The summed E-state index contributed by atoms with van der Waals surface area (Å²) in [6.07, 6.45) is 0. The molecule has 6 nitrogen and oxygen atoms in total. The summed E-state index contributed by atoms with van der Waals surface area (Å²) in [6, 6.07) is 5.79. The standard InChI is InChI=1S/C13H19N3O3S/c1-9-7-16(8-12(9)14)20(18,19)11-5-3-10(4-6-11)13(17)15-2/h3-6,9,12H,7-8,14H2,1-2H3,(H,15,17). The van der Waals surface area contributed by atoms with E-state index in [4.69, 9.17) is 5.73 Å². The van der Waals surface area contributed by atoms with Crippen molar-refractivity contribution in [3.8, 4) is 0 Å². The van der Waals surface area contributed by atoms with Crippen molar-refractivity contribution in [2.75, 3.05) is 20.1 Å². The third-order valence-corrected chi connectivity index (χ3v) is 5.46. The molecule has 1 aliphatic rings. The maximum atomic E-state index is 12.4. The van der Waals surface area contributed by atoms with Gasteiger partial charge in [0.05, 0.1) is 4.90 Å². The highest BCUT2D eigenvalue weighted by Crippen LogP contribution is 2.23. The van der Waals surface area contributed by atoms with Gasteiger partial charge in [0.1, 0.15) is 0 Å². The van der Waals surface area contributed by atoms with E-state index in [0.717, 1.165) is 0 Å². The van der Waals surface area contributed by atoms with Crippen molar-refractivity contribution in [3.05, 3.63) is 29.8 Å². The summed E-state index contributed by atoms with van der Waals surface area (Å²) >= 11 is 0. The Morgan fingerprint density at radius 2 is 1.90 bits per heavy atom. The number of carbonyl (C=O) groups is 1. The Morgan fingerprint density at radius 1 is 1.30 bits per heavy atom. The van der Waals surface area contributed by atoms with Gasteiger partial charge in [0.15, 0.2) is 0 Å². The molecule has 1 aromatic carbocycles. The summed E-state index contributed by atoms with van der Waals surface area (Å²) in [5.41, 5.74) is 6.29. The Bertz CT molecular complexity index is 588. The van der Waals surface area contributed by atoms with Crippen molar-refractivity contribution < 1.29 is 13.2 Å². The molecule has 0 saturated carbocycles. The van der Waals surface area contributed by atoms with Crippen molar-refractivity contribution in [1.82, 2.24) is 9.62 Å². The lowest BCUT2D eigenvalue weighted by atomic mass is 10.1. The Labute approximate surface area is 119 Å².